The second-order valence-corrected chi connectivity index (χ2v) is 4.80. The Morgan fingerprint density at radius 1 is 1.08 bits per heavy atom. The molecular weight excluding hydrogens is 316 g/mol. The van der Waals surface area contributed by atoms with Crippen LogP contribution in [0, 0.1) is 10.1 Å². The van der Waals surface area contributed by atoms with Crippen LogP contribution in [0.1, 0.15) is 5.56 Å². The van der Waals surface area contributed by atoms with Gasteiger partial charge in [0.15, 0.2) is 0 Å². The zero-order valence-electron chi connectivity index (χ0n) is 12.4. The number of carbonyl (C=O) groups excluding carboxylic acids is 2. The van der Waals surface area contributed by atoms with E-state index in [1.807, 2.05) is 0 Å². The Bertz CT molecular complexity index is 757. The highest BCUT2D eigenvalue weighted by Gasteiger charge is 2.15. The predicted octanol–water partition coefficient (Wildman–Crippen LogP) is 0.905. The zero-order valence-corrected chi connectivity index (χ0v) is 12.4. The van der Waals surface area contributed by atoms with Gasteiger partial charge in [-0.2, -0.15) is 0 Å². The van der Waals surface area contributed by atoms with E-state index in [4.69, 9.17) is 4.74 Å². The maximum atomic E-state index is 12.0. The SMILES string of the molecule is O=C([O-])COc1ccc(NC(=O)Cc2ccccc2[N+](=O)[O-])cc1. The van der Waals surface area contributed by atoms with Gasteiger partial charge in [0.1, 0.15) is 12.4 Å². The van der Waals surface area contributed by atoms with Crippen molar-refractivity contribution in [2.45, 2.75) is 6.42 Å². The smallest absolute Gasteiger partial charge is 0.273 e. The summed E-state index contributed by atoms with van der Waals surface area (Å²) in [5, 5.41) is 23.8. The van der Waals surface area contributed by atoms with Gasteiger partial charge in [-0.05, 0) is 24.3 Å². The average Bonchev–Trinajstić information content (AvgIpc) is 2.54. The molecule has 2 aromatic rings. The third-order valence-corrected chi connectivity index (χ3v) is 3.03. The van der Waals surface area contributed by atoms with E-state index in [0.717, 1.165) is 0 Å². The largest absolute Gasteiger partial charge is 0.546 e. The van der Waals surface area contributed by atoms with Crippen molar-refractivity contribution in [3.63, 3.8) is 0 Å². The summed E-state index contributed by atoms with van der Waals surface area (Å²) in [6.45, 7) is -0.566. The van der Waals surface area contributed by atoms with E-state index >= 15 is 0 Å². The second kappa shape index (κ2) is 7.73. The lowest BCUT2D eigenvalue weighted by molar-refractivity contribution is -0.385. The number of carboxylic acid groups (broad SMARTS) is 1. The van der Waals surface area contributed by atoms with Crippen molar-refractivity contribution in [3.8, 4) is 5.75 Å². The molecule has 0 spiro atoms. The Labute approximate surface area is 136 Å². The summed E-state index contributed by atoms with van der Waals surface area (Å²) in [6, 6.07) is 12.1. The Morgan fingerprint density at radius 3 is 2.38 bits per heavy atom. The van der Waals surface area contributed by atoms with E-state index < -0.39 is 23.4 Å². The van der Waals surface area contributed by atoms with Gasteiger partial charge < -0.3 is 20.0 Å². The summed E-state index contributed by atoms with van der Waals surface area (Å²) < 4.78 is 4.92. The number of carboxylic acids is 1. The van der Waals surface area contributed by atoms with Crippen molar-refractivity contribution in [2.24, 2.45) is 0 Å². The van der Waals surface area contributed by atoms with Gasteiger partial charge in [0.25, 0.3) is 5.69 Å². The van der Waals surface area contributed by atoms with E-state index in [2.05, 4.69) is 5.32 Å². The van der Waals surface area contributed by atoms with Crippen LogP contribution in [0.4, 0.5) is 11.4 Å². The van der Waals surface area contributed by atoms with Gasteiger partial charge in [-0.3, -0.25) is 14.9 Å². The molecule has 124 valence electrons. The molecule has 0 atom stereocenters. The fraction of sp³-hybridized carbons (Fsp3) is 0.125. The minimum Gasteiger partial charge on any atom is -0.546 e. The molecule has 0 fully saturated rings. The fourth-order valence-corrected chi connectivity index (χ4v) is 1.99. The van der Waals surface area contributed by atoms with E-state index in [-0.39, 0.29) is 12.1 Å². The molecule has 1 amide bonds. The van der Waals surface area contributed by atoms with Crippen molar-refractivity contribution in [3.05, 3.63) is 64.2 Å². The van der Waals surface area contributed by atoms with E-state index in [1.165, 1.54) is 42.5 Å². The lowest BCUT2D eigenvalue weighted by atomic mass is 10.1. The minimum atomic E-state index is -1.34. The number of aliphatic carboxylic acids is 1. The van der Waals surface area contributed by atoms with Gasteiger partial charge in [0.05, 0.1) is 17.3 Å². The third kappa shape index (κ3) is 4.80. The molecule has 2 aromatic carbocycles. The van der Waals surface area contributed by atoms with E-state index in [9.17, 15) is 24.8 Å². The predicted molar refractivity (Wildman–Crippen MR) is 82.4 cm³/mol. The molecule has 24 heavy (non-hydrogen) atoms. The molecule has 0 aliphatic heterocycles. The number of para-hydroxylation sites is 1. The lowest BCUT2D eigenvalue weighted by Crippen LogP contribution is -2.28. The zero-order chi connectivity index (χ0) is 17.5. The summed E-state index contributed by atoms with van der Waals surface area (Å²) in [5.41, 5.74) is 0.659. The number of amides is 1. The number of nitrogens with one attached hydrogen (secondary N) is 1. The van der Waals surface area contributed by atoms with Gasteiger partial charge in [-0.25, -0.2) is 0 Å². The van der Waals surface area contributed by atoms with Gasteiger partial charge in [0.2, 0.25) is 5.91 Å². The maximum absolute atomic E-state index is 12.0. The third-order valence-electron chi connectivity index (χ3n) is 3.03. The van der Waals surface area contributed by atoms with Crippen LogP contribution in [0.5, 0.6) is 5.75 Å². The molecule has 8 nitrogen and oxygen atoms in total. The number of rotatable bonds is 7. The molecule has 0 aliphatic rings. The number of carbonyl (C=O) groups is 2. The second-order valence-electron chi connectivity index (χ2n) is 4.80. The topological polar surface area (TPSA) is 122 Å². The van der Waals surface area contributed by atoms with Crippen LogP contribution in [0.25, 0.3) is 0 Å². The molecule has 0 aliphatic carbocycles. The van der Waals surface area contributed by atoms with Crippen molar-refractivity contribution < 1.29 is 24.4 Å². The number of hydrogen-bond donors (Lipinski definition) is 1. The standard InChI is InChI=1S/C16H14N2O6/c19-15(9-11-3-1-2-4-14(11)18(22)23)17-12-5-7-13(8-6-12)24-10-16(20)21/h1-8H,9-10H2,(H,17,19)(H,20,21)/p-1. The van der Waals surface area contributed by atoms with Crippen molar-refractivity contribution in [2.75, 3.05) is 11.9 Å². The monoisotopic (exact) mass is 329 g/mol. The first-order valence-corrected chi connectivity index (χ1v) is 6.90. The van der Waals surface area contributed by atoms with Crippen LogP contribution in [0.15, 0.2) is 48.5 Å². The minimum absolute atomic E-state index is 0.112. The Kier molecular flexibility index (Phi) is 5.45. The number of benzene rings is 2. The number of hydrogen-bond acceptors (Lipinski definition) is 6. The molecule has 0 saturated carbocycles. The first-order chi connectivity index (χ1) is 11.5. The van der Waals surface area contributed by atoms with Crippen LogP contribution in [-0.4, -0.2) is 23.4 Å². The molecule has 0 unspecified atom stereocenters. The van der Waals surface area contributed by atoms with Gasteiger partial charge in [0, 0.05) is 17.3 Å². The first-order valence-electron chi connectivity index (χ1n) is 6.90. The number of nitrogens with zero attached hydrogens (tertiary/aromatic N) is 1. The number of ether oxygens (including phenoxy) is 1. The molecule has 0 aromatic heterocycles. The maximum Gasteiger partial charge on any atom is 0.273 e. The van der Waals surface area contributed by atoms with Crippen LogP contribution in [0.2, 0.25) is 0 Å². The fourth-order valence-electron chi connectivity index (χ4n) is 1.99. The number of nitro groups is 1. The number of nitro benzene ring substituents is 1. The van der Waals surface area contributed by atoms with Gasteiger partial charge in [-0.15, -0.1) is 0 Å². The van der Waals surface area contributed by atoms with Gasteiger partial charge in [-0.1, -0.05) is 18.2 Å². The summed E-state index contributed by atoms with van der Waals surface area (Å²) in [6.07, 6.45) is -0.139. The van der Waals surface area contributed by atoms with Crippen LogP contribution < -0.4 is 15.2 Å². The highest BCUT2D eigenvalue weighted by Crippen LogP contribution is 2.19. The highest BCUT2D eigenvalue weighted by molar-refractivity contribution is 5.92. The van der Waals surface area contributed by atoms with Crippen LogP contribution in [0.3, 0.4) is 0 Å². The van der Waals surface area contributed by atoms with Crippen molar-refractivity contribution in [1.29, 1.82) is 0 Å². The Morgan fingerprint density at radius 2 is 1.75 bits per heavy atom. The molecule has 1 N–H and O–H groups in total. The van der Waals surface area contributed by atoms with E-state index in [0.29, 0.717) is 17.0 Å². The summed E-state index contributed by atoms with van der Waals surface area (Å²) >= 11 is 0. The quantitative estimate of drug-likeness (QED) is 0.595. The first kappa shape index (κ1) is 16.9. The molecule has 0 saturated heterocycles. The molecule has 0 bridgehead atoms. The van der Waals surface area contributed by atoms with E-state index in [1.54, 1.807) is 6.07 Å². The Balaban J connectivity index is 1.98. The van der Waals surface area contributed by atoms with Crippen molar-refractivity contribution in [1.82, 2.24) is 0 Å². The number of anilines is 1. The normalized spacial score (nSPS) is 10.0. The average molecular weight is 329 g/mol. The molecule has 0 radical (unpaired) electrons. The molecule has 2 rings (SSSR count). The molecular formula is C16H13N2O6-. The Hall–Kier alpha value is -3.42. The summed E-state index contributed by atoms with van der Waals surface area (Å²) in [4.78, 5) is 32.7. The van der Waals surface area contributed by atoms with Crippen LogP contribution in [-0.2, 0) is 16.0 Å². The van der Waals surface area contributed by atoms with Crippen LogP contribution >= 0.6 is 0 Å². The summed E-state index contributed by atoms with van der Waals surface area (Å²) in [5.74, 6) is -1.43. The molecule has 8 heteroatoms. The molecule has 0 heterocycles. The van der Waals surface area contributed by atoms with Crippen molar-refractivity contribution >= 4 is 23.3 Å². The highest BCUT2D eigenvalue weighted by atomic mass is 16.6. The lowest BCUT2D eigenvalue weighted by Gasteiger charge is -2.09. The van der Waals surface area contributed by atoms with Gasteiger partial charge >= 0.3 is 0 Å². The summed E-state index contributed by atoms with van der Waals surface area (Å²) in [7, 11) is 0.